The summed E-state index contributed by atoms with van der Waals surface area (Å²) >= 11 is 6.01. The summed E-state index contributed by atoms with van der Waals surface area (Å²) in [6, 6.07) is 13.0. The number of ketones is 1. The lowest BCUT2D eigenvalue weighted by molar-refractivity contribution is 0.101. The van der Waals surface area contributed by atoms with E-state index in [0.717, 1.165) is 30.0 Å². The van der Waals surface area contributed by atoms with Gasteiger partial charge in [0.05, 0.1) is 0 Å². The van der Waals surface area contributed by atoms with Gasteiger partial charge in [0.1, 0.15) is 0 Å². The monoisotopic (exact) mass is 371 g/mol. The summed E-state index contributed by atoms with van der Waals surface area (Å²) in [5.74, 6) is 0.0572. The molecule has 6 heteroatoms. The van der Waals surface area contributed by atoms with Gasteiger partial charge in [0.15, 0.2) is 5.78 Å². The fraction of sp³-hybridized carbons (Fsp3) is 0.300. The molecule has 1 aliphatic rings. The number of anilines is 2. The molecule has 136 valence electrons. The van der Waals surface area contributed by atoms with Crippen LogP contribution in [0.25, 0.3) is 0 Å². The number of nitrogens with one attached hydrogen (secondary N) is 1. The molecule has 1 N–H and O–H groups in total. The number of hydrogen-bond acceptors (Lipinski definition) is 3. The van der Waals surface area contributed by atoms with E-state index in [9.17, 15) is 9.59 Å². The van der Waals surface area contributed by atoms with Crippen molar-refractivity contribution in [2.24, 2.45) is 0 Å². The number of piperazine rings is 1. The molecule has 1 heterocycles. The predicted octanol–water partition coefficient (Wildman–Crippen LogP) is 4.21. The van der Waals surface area contributed by atoms with E-state index in [1.54, 1.807) is 24.0 Å². The van der Waals surface area contributed by atoms with E-state index < -0.39 is 0 Å². The van der Waals surface area contributed by atoms with Crippen molar-refractivity contribution in [2.45, 2.75) is 13.8 Å². The lowest BCUT2D eigenvalue weighted by atomic mass is 10.1. The van der Waals surface area contributed by atoms with Crippen LogP contribution in [0.2, 0.25) is 5.02 Å². The molecule has 0 saturated carbocycles. The van der Waals surface area contributed by atoms with Crippen molar-refractivity contribution < 1.29 is 9.59 Å². The smallest absolute Gasteiger partial charge is 0.321 e. The third kappa shape index (κ3) is 4.17. The fourth-order valence-corrected chi connectivity index (χ4v) is 3.18. The zero-order valence-electron chi connectivity index (χ0n) is 15.0. The van der Waals surface area contributed by atoms with Gasteiger partial charge in [-0.25, -0.2) is 4.79 Å². The fourth-order valence-electron chi connectivity index (χ4n) is 3.01. The number of halogens is 1. The molecule has 0 unspecified atom stereocenters. The minimum absolute atomic E-state index is 0.0572. The molecule has 0 bridgehead atoms. The van der Waals surface area contributed by atoms with Crippen LogP contribution >= 0.6 is 11.6 Å². The van der Waals surface area contributed by atoms with Gasteiger partial charge >= 0.3 is 6.03 Å². The highest BCUT2D eigenvalue weighted by Crippen LogP contribution is 2.22. The van der Waals surface area contributed by atoms with E-state index >= 15 is 0 Å². The highest BCUT2D eigenvalue weighted by molar-refractivity contribution is 6.31. The van der Waals surface area contributed by atoms with Crippen molar-refractivity contribution in [3.8, 4) is 0 Å². The highest BCUT2D eigenvalue weighted by Gasteiger charge is 2.22. The summed E-state index contributed by atoms with van der Waals surface area (Å²) in [7, 11) is 0. The predicted molar refractivity (Wildman–Crippen MR) is 105 cm³/mol. The van der Waals surface area contributed by atoms with Gasteiger partial charge in [0.25, 0.3) is 0 Å². The van der Waals surface area contributed by atoms with Gasteiger partial charge in [0.2, 0.25) is 0 Å². The van der Waals surface area contributed by atoms with Crippen LogP contribution in [0.3, 0.4) is 0 Å². The molecule has 2 aromatic rings. The third-order valence-electron chi connectivity index (χ3n) is 4.63. The van der Waals surface area contributed by atoms with Crippen molar-refractivity contribution >= 4 is 34.8 Å². The zero-order valence-corrected chi connectivity index (χ0v) is 15.7. The molecule has 26 heavy (non-hydrogen) atoms. The zero-order chi connectivity index (χ0) is 18.7. The van der Waals surface area contributed by atoms with Crippen molar-refractivity contribution in [3.63, 3.8) is 0 Å². The standard InChI is InChI=1S/C20H22ClN3O2/c1-14-6-7-17(21)13-19(14)22-20(26)24-10-8-23(9-11-24)18-5-3-4-16(12-18)15(2)25/h3-7,12-13H,8-11H2,1-2H3,(H,22,26). The minimum atomic E-state index is -0.118. The Hall–Kier alpha value is -2.53. The molecular formula is C20H22ClN3O2. The molecule has 3 rings (SSSR count). The number of amides is 2. The normalized spacial score (nSPS) is 14.3. The number of aryl methyl sites for hydroxylation is 1. The Morgan fingerprint density at radius 3 is 2.46 bits per heavy atom. The Morgan fingerprint density at radius 2 is 1.77 bits per heavy atom. The number of carbonyl (C=O) groups is 2. The maximum atomic E-state index is 12.5. The Morgan fingerprint density at radius 1 is 1.04 bits per heavy atom. The lowest BCUT2D eigenvalue weighted by Crippen LogP contribution is -2.50. The molecule has 0 aliphatic carbocycles. The molecular weight excluding hydrogens is 350 g/mol. The van der Waals surface area contributed by atoms with Crippen molar-refractivity contribution in [3.05, 3.63) is 58.6 Å². The van der Waals surface area contributed by atoms with Gasteiger partial charge in [-0.05, 0) is 43.7 Å². The summed E-state index contributed by atoms with van der Waals surface area (Å²) < 4.78 is 0. The topological polar surface area (TPSA) is 52.7 Å². The van der Waals surface area contributed by atoms with E-state index in [-0.39, 0.29) is 11.8 Å². The van der Waals surface area contributed by atoms with Gasteiger partial charge < -0.3 is 15.1 Å². The van der Waals surface area contributed by atoms with Crippen LogP contribution in [-0.4, -0.2) is 42.9 Å². The van der Waals surface area contributed by atoms with Crippen LogP contribution in [0.15, 0.2) is 42.5 Å². The van der Waals surface area contributed by atoms with Crippen LogP contribution in [0, 0.1) is 6.92 Å². The van der Waals surface area contributed by atoms with Crippen molar-refractivity contribution in [2.75, 3.05) is 36.4 Å². The molecule has 2 aromatic carbocycles. The molecule has 0 radical (unpaired) electrons. The highest BCUT2D eigenvalue weighted by atomic mass is 35.5. The largest absolute Gasteiger partial charge is 0.368 e. The van der Waals surface area contributed by atoms with Gasteiger partial charge in [-0.1, -0.05) is 29.8 Å². The molecule has 0 aromatic heterocycles. The maximum absolute atomic E-state index is 12.5. The summed E-state index contributed by atoms with van der Waals surface area (Å²) in [6.07, 6.45) is 0. The van der Waals surface area contributed by atoms with E-state index in [2.05, 4.69) is 10.2 Å². The van der Waals surface area contributed by atoms with Crippen LogP contribution in [-0.2, 0) is 0 Å². The Labute approximate surface area is 158 Å². The first-order chi connectivity index (χ1) is 12.4. The Bertz CT molecular complexity index is 830. The van der Waals surface area contributed by atoms with Crippen LogP contribution in [0.1, 0.15) is 22.8 Å². The molecule has 0 atom stereocenters. The van der Waals surface area contributed by atoms with Crippen molar-refractivity contribution in [1.82, 2.24) is 4.90 Å². The minimum Gasteiger partial charge on any atom is -0.368 e. The summed E-state index contributed by atoms with van der Waals surface area (Å²) in [5, 5.41) is 3.54. The molecule has 1 saturated heterocycles. The number of carbonyl (C=O) groups excluding carboxylic acids is 2. The number of nitrogens with zero attached hydrogens (tertiary/aromatic N) is 2. The summed E-state index contributed by atoms with van der Waals surface area (Å²) in [6.45, 7) is 6.20. The van der Waals surface area contributed by atoms with Crippen LogP contribution in [0.4, 0.5) is 16.2 Å². The van der Waals surface area contributed by atoms with E-state index in [1.165, 1.54) is 0 Å². The molecule has 0 spiro atoms. The second-order valence-electron chi connectivity index (χ2n) is 6.47. The van der Waals surface area contributed by atoms with Gasteiger partial charge in [-0.3, -0.25) is 4.79 Å². The number of urea groups is 1. The second kappa shape index (κ2) is 7.79. The maximum Gasteiger partial charge on any atom is 0.321 e. The molecule has 5 nitrogen and oxygen atoms in total. The van der Waals surface area contributed by atoms with Crippen LogP contribution in [0.5, 0.6) is 0 Å². The lowest BCUT2D eigenvalue weighted by Gasteiger charge is -2.36. The first kappa shape index (κ1) is 18.3. The first-order valence-corrected chi connectivity index (χ1v) is 9.00. The average molecular weight is 372 g/mol. The number of hydrogen-bond donors (Lipinski definition) is 1. The Balaban J connectivity index is 1.61. The first-order valence-electron chi connectivity index (χ1n) is 8.62. The third-order valence-corrected chi connectivity index (χ3v) is 4.86. The average Bonchev–Trinajstić information content (AvgIpc) is 2.65. The van der Waals surface area contributed by atoms with E-state index in [4.69, 9.17) is 11.6 Å². The quantitative estimate of drug-likeness (QED) is 0.822. The van der Waals surface area contributed by atoms with Gasteiger partial charge in [-0.15, -0.1) is 0 Å². The second-order valence-corrected chi connectivity index (χ2v) is 6.91. The number of rotatable bonds is 3. The number of benzene rings is 2. The number of Topliss-reactive ketones (excluding diaryl/α,β-unsaturated/α-hetero) is 1. The SMILES string of the molecule is CC(=O)c1cccc(N2CCN(C(=O)Nc3cc(Cl)ccc3C)CC2)c1. The molecule has 2 amide bonds. The van der Waals surface area contributed by atoms with Crippen molar-refractivity contribution in [1.29, 1.82) is 0 Å². The van der Waals surface area contributed by atoms with Gasteiger partial charge in [0, 0.05) is 48.1 Å². The van der Waals surface area contributed by atoms with E-state index in [0.29, 0.717) is 23.7 Å². The van der Waals surface area contributed by atoms with Gasteiger partial charge in [-0.2, -0.15) is 0 Å². The Kier molecular flexibility index (Phi) is 5.47. The molecule has 1 aliphatic heterocycles. The molecule has 1 fully saturated rings. The van der Waals surface area contributed by atoms with Crippen LogP contribution < -0.4 is 10.2 Å². The summed E-state index contributed by atoms with van der Waals surface area (Å²) in [5.41, 5.74) is 3.43. The summed E-state index contributed by atoms with van der Waals surface area (Å²) in [4.78, 5) is 28.1. The van der Waals surface area contributed by atoms with E-state index in [1.807, 2.05) is 37.3 Å².